The molecular weight excluding hydrogens is 432 g/mol. The van der Waals surface area contributed by atoms with Gasteiger partial charge in [0.05, 0.1) is 26.5 Å². The first-order valence-electron chi connectivity index (χ1n) is 11.3. The minimum atomic E-state index is -0.150. The number of tetrazole rings is 1. The van der Waals surface area contributed by atoms with Crippen LogP contribution < -0.4 is 14.4 Å². The monoisotopic (exact) mass is 460 g/mol. The Balaban J connectivity index is 1.47. The molecule has 2 aromatic carbocycles. The molecule has 9 nitrogen and oxygen atoms in total. The molecule has 0 radical (unpaired) electrons. The third-order valence-corrected chi connectivity index (χ3v) is 6.21. The number of nitrogens with zero attached hydrogens (tertiary/aromatic N) is 6. The average molecular weight is 461 g/mol. The molecule has 176 valence electrons. The highest BCUT2D eigenvalue weighted by Crippen LogP contribution is 2.35. The Bertz CT molecular complexity index is 1190. The van der Waals surface area contributed by atoms with Gasteiger partial charge in [-0.15, -0.1) is 5.10 Å². The van der Waals surface area contributed by atoms with Crippen LogP contribution in [-0.4, -0.2) is 65.5 Å². The van der Waals surface area contributed by atoms with Crippen LogP contribution in [0.15, 0.2) is 71.3 Å². The number of methoxy groups -OCH3 is 2. The summed E-state index contributed by atoms with van der Waals surface area (Å²) in [6.45, 7) is 4.01. The molecule has 0 aliphatic carbocycles. The molecule has 4 aromatic rings. The van der Waals surface area contributed by atoms with Crippen molar-refractivity contribution in [2.75, 3.05) is 45.3 Å². The number of ether oxygens (including phenoxy) is 2. The Morgan fingerprint density at radius 1 is 0.912 bits per heavy atom. The SMILES string of the molecule is COc1ccc(C(c2nnnn2Cc2ccco2)N2CCN(c3ccccc3)CC2)cc1OC. The summed E-state index contributed by atoms with van der Waals surface area (Å²) in [6, 6.07) is 20.2. The van der Waals surface area contributed by atoms with Crippen LogP contribution in [-0.2, 0) is 6.54 Å². The van der Waals surface area contributed by atoms with E-state index in [9.17, 15) is 0 Å². The van der Waals surface area contributed by atoms with Crippen LogP contribution in [0.4, 0.5) is 5.69 Å². The molecule has 0 bridgehead atoms. The molecule has 0 amide bonds. The standard InChI is InChI=1S/C25H28N6O3/c1-32-22-11-10-19(17-23(22)33-2)24(25-26-27-28-31(25)18-21-9-6-16-34-21)30-14-12-29(13-15-30)20-7-4-3-5-8-20/h3-11,16-17,24H,12-15,18H2,1-2H3. The van der Waals surface area contributed by atoms with Gasteiger partial charge in [-0.05, 0) is 52.4 Å². The van der Waals surface area contributed by atoms with Gasteiger partial charge in [-0.1, -0.05) is 24.3 Å². The summed E-state index contributed by atoms with van der Waals surface area (Å²) in [6.07, 6.45) is 1.66. The van der Waals surface area contributed by atoms with Gasteiger partial charge < -0.3 is 18.8 Å². The van der Waals surface area contributed by atoms with Gasteiger partial charge >= 0.3 is 0 Å². The summed E-state index contributed by atoms with van der Waals surface area (Å²) in [4.78, 5) is 4.83. The van der Waals surface area contributed by atoms with Crippen molar-refractivity contribution in [3.05, 3.63) is 84.1 Å². The maximum atomic E-state index is 5.60. The van der Waals surface area contributed by atoms with E-state index >= 15 is 0 Å². The molecular formula is C25H28N6O3. The molecule has 1 aliphatic rings. The number of hydrogen-bond donors (Lipinski definition) is 0. The lowest BCUT2D eigenvalue weighted by atomic mass is 10.0. The fourth-order valence-corrected chi connectivity index (χ4v) is 4.49. The van der Waals surface area contributed by atoms with E-state index in [1.807, 2.05) is 35.0 Å². The minimum Gasteiger partial charge on any atom is -0.493 e. The van der Waals surface area contributed by atoms with E-state index in [0.717, 1.165) is 43.3 Å². The zero-order valence-corrected chi connectivity index (χ0v) is 19.4. The first-order chi connectivity index (χ1) is 16.8. The van der Waals surface area contributed by atoms with Crippen molar-refractivity contribution >= 4 is 5.69 Å². The van der Waals surface area contributed by atoms with Crippen LogP contribution in [0.1, 0.15) is 23.2 Å². The molecule has 3 heterocycles. The molecule has 1 fully saturated rings. The number of aromatic nitrogens is 4. The number of rotatable bonds is 8. The molecule has 2 aromatic heterocycles. The summed E-state index contributed by atoms with van der Waals surface area (Å²) in [5.41, 5.74) is 2.29. The number of para-hydroxylation sites is 1. The second-order valence-electron chi connectivity index (χ2n) is 8.15. The minimum absolute atomic E-state index is 0.150. The first-order valence-corrected chi connectivity index (χ1v) is 11.3. The highest BCUT2D eigenvalue weighted by molar-refractivity contribution is 5.47. The first kappa shape index (κ1) is 22.0. The van der Waals surface area contributed by atoms with E-state index in [2.05, 4.69) is 55.7 Å². The smallest absolute Gasteiger partial charge is 0.173 e. The molecule has 5 rings (SSSR count). The van der Waals surface area contributed by atoms with E-state index in [0.29, 0.717) is 18.0 Å². The Morgan fingerprint density at radius 2 is 1.71 bits per heavy atom. The Kier molecular flexibility index (Phi) is 6.44. The van der Waals surface area contributed by atoms with E-state index in [1.165, 1.54) is 5.69 Å². The number of furan rings is 1. The topological polar surface area (TPSA) is 81.7 Å². The number of anilines is 1. The highest BCUT2D eigenvalue weighted by Gasteiger charge is 2.31. The summed E-state index contributed by atoms with van der Waals surface area (Å²) < 4.78 is 18.4. The third kappa shape index (κ3) is 4.47. The van der Waals surface area contributed by atoms with Crippen LogP contribution in [0.5, 0.6) is 11.5 Å². The van der Waals surface area contributed by atoms with Crippen LogP contribution in [0.25, 0.3) is 0 Å². The zero-order valence-electron chi connectivity index (χ0n) is 19.4. The Hall–Kier alpha value is -3.85. The zero-order chi connectivity index (χ0) is 23.3. The van der Waals surface area contributed by atoms with Crippen LogP contribution in [0.2, 0.25) is 0 Å². The van der Waals surface area contributed by atoms with Gasteiger partial charge in [-0.3, -0.25) is 4.90 Å². The molecule has 0 N–H and O–H groups in total. The van der Waals surface area contributed by atoms with Crippen molar-refractivity contribution in [3.8, 4) is 11.5 Å². The van der Waals surface area contributed by atoms with Crippen molar-refractivity contribution in [2.24, 2.45) is 0 Å². The van der Waals surface area contributed by atoms with Gasteiger partial charge in [0.2, 0.25) is 0 Å². The lowest BCUT2D eigenvalue weighted by Crippen LogP contribution is -2.48. The molecule has 0 spiro atoms. The van der Waals surface area contributed by atoms with Gasteiger partial charge in [0, 0.05) is 31.9 Å². The van der Waals surface area contributed by atoms with E-state index in [1.54, 1.807) is 20.5 Å². The van der Waals surface area contributed by atoms with Crippen LogP contribution in [0.3, 0.4) is 0 Å². The summed E-state index contributed by atoms with van der Waals surface area (Å²) in [5, 5.41) is 12.7. The Labute approximate surface area is 198 Å². The summed E-state index contributed by atoms with van der Waals surface area (Å²) in [5.74, 6) is 2.93. The number of piperazine rings is 1. The van der Waals surface area contributed by atoms with E-state index < -0.39 is 0 Å². The van der Waals surface area contributed by atoms with Gasteiger partial charge in [0.1, 0.15) is 12.3 Å². The molecule has 1 saturated heterocycles. The summed E-state index contributed by atoms with van der Waals surface area (Å²) in [7, 11) is 3.29. The molecule has 1 aliphatic heterocycles. The largest absolute Gasteiger partial charge is 0.493 e. The predicted octanol–water partition coefficient (Wildman–Crippen LogP) is 3.24. The van der Waals surface area contributed by atoms with Crippen molar-refractivity contribution in [1.82, 2.24) is 25.1 Å². The quantitative estimate of drug-likeness (QED) is 0.396. The molecule has 9 heteroatoms. The Morgan fingerprint density at radius 3 is 2.41 bits per heavy atom. The second kappa shape index (κ2) is 9.96. The fourth-order valence-electron chi connectivity index (χ4n) is 4.49. The number of benzene rings is 2. The molecule has 34 heavy (non-hydrogen) atoms. The third-order valence-electron chi connectivity index (χ3n) is 6.21. The van der Waals surface area contributed by atoms with Gasteiger partial charge in [-0.25, -0.2) is 4.68 Å². The second-order valence-corrected chi connectivity index (χ2v) is 8.15. The van der Waals surface area contributed by atoms with Crippen molar-refractivity contribution in [1.29, 1.82) is 0 Å². The lowest BCUT2D eigenvalue weighted by Gasteiger charge is -2.40. The van der Waals surface area contributed by atoms with Crippen molar-refractivity contribution < 1.29 is 13.9 Å². The van der Waals surface area contributed by atoms with E-state index in [-0.39, 0.29) is 6.04 Å². The van der Waals surface area contributed by atoms with Gasteiger partial charge in [-0.2, -0.15) is 0 Å². The van der Waals surface area contributed by atoms with E-state index in [4.69, 9.17) is 13.9 Å². The average Bonchev–Trinajstić information content (AvgIpc) is 3.58. The van der Waals surface area contributed by atoms with Crippen molar-refractivity contribution in [3.63, 3.8) is 0 Å². The van der Waals surface area contributed by atoms with Crippen LogP contribution >= 0.6 is 0 Å². The lowest BCUT2D eigenvalue weighted by molar-refractivity contribution is 0.200. The summed E-state index contributed by atoms with van der Waals surface area (Å²) >= 11 is 0. The van der Waals surface area contributed by atoms with Gasteiger partial charge in [0.15, 0.2) is 17.3 Å². The highest BCUT2D eigenvalue weighted by atomic mass is 16.5. The number of hydrogen-bond acceptors (Lipinski definition) is 8. The van der Waals surface area contributed by atoms with Crippen molar-refractivity contribution in [2.45, 2.75) is 12.6 Å². The molecule has 0 saturated carbocycles. The molecule has 1 atom stereocenters. The predicted molar refractivity (Wildman–Crippen MR) is 127 cm³/mol. The molecule has 1 unspecified atom stereocenters. The maximum Gasteiger partial charge on any atom is 0.173 e. The fraction of sp³-hybridized carbons (Fsp3) is 0.320. The maximum absolute atomic E-state index is 5.60. The van der Waals surface area contributed by atoms with Crippen LogP contribution in [0, 0.1) is 0 Å². The normalized spacial score (nSPS) is 15.3. The van der Waals surface area contributed by atoms with Gasteiger partial charge in [0.25, 0.3) is 0 Å².